The third-order valence-corrected chi connectivity index (χ3v) is 5.99. The highest BCUT2D eigenvalue weighted by atomic mass is 32.1. The van der Waals surface area contributed by atoms with Gasteiger partial charge in [-0.2, -0.15) is 0 Å². The SMILES string of the molecule is CCOC(=O)c1sc(NC(=O)COC(=O)COc2cccc3ccccc23)c(C(=O)OCC)c1C. The second-order valence-electron chi connectivity index (χ2n) is 7.18. The van der Waals surface area contributed by atoms with Crippen molar-refractivity contribution >= 4 is 50.9 Å². The summed E-state index contributed by atoms with van der Waals surface area (Å²) in [5.74, 6) is -2.21. The van der Waals surface area contributed by atoms with Gasteiger partial charge in [-0.05, 0) is 37.8 Å². The maximum absolute atomic E-state index is 12.4. The van der Waals surface area contributed by atoms with Crippen molar-refractivity contribution in [3.63, 3.8) is 0 Å². The molecule has 1 heterocycles. The zero-order valence-electron chi connectivity index (χ0n) is 19.5. The van der Waals surface area contributed by atoms with Gasteiger partial charge in [-0.3, -0.25) is 4.79 Å². The number of amides is 1. The van der Waals surface area contributed by atoms with Gasteiger partial charge < -0.3 is 24.3 Å². The van der Waals surface area contributed by atoms with Gasteiger partial charge in [0, 0.05) is 5.39 Å². The summed E-state index contributed by atoms with van der Waals surface area (Å²) in [6.45, 7) is 4.15. The number of carbonyl (C=O) groups excluding carboxylic acids is 4. The number of thiophene rings is 1. The number of hydrogen-bond donors (Lipinski definition) is 1. The largest absolute Gasteiger partial charge is 0.481 e. The van der Waals surface area contributed by atoms with E-state index in [1.54, 1.807) is 26.8 Å². The van der Waals surface area contributed by atoms with Crippen LogP contribution in [0.4, 0.5) is 5.00 Å². The summed E-state index contributed by atoms with van der Waals surface area (Å²) in [5.41, 5.74) is 0.390. The Morgan fingerprint density at radius 1 is 0.857 bits per heavy atom. The van der Waals surface area contributed by atoms with Gasteiger partial charge in [0.15, 0.2) is 13.2 Å². The van der Waals surface area contributed by atoms with E-state index in [9.17, 15) is 19.2 Å². The number of fused-ring (bicyclic) bond motifs is 1. The Morgan fingerprint density at radius 3 is 2.29 bits per heavy atom. The molecular formula is C25H25NO8S. The average Bonchev–Trinajstić information content (AvgIpc) is 3.17. The van der Waals surface area contributed by atoms with E-state index in [2.05, 4.69) is 5.32 Å². The van der Waals surface area contributed by atoms with Crippen molar-refractivity contribution in [2.75, 3.05) is 31.7 Å². The maximum Gasteiger partial charge on any atom is 0.348 e. The Kier molecular flexibility index (Phi) is 8.80. The molecule has 3 aromatic rings. The van der Waals surface area contributed by atoms with Crippen LogP contribution in [0.1, 0.15) is 39.4 Å². The number of hydrogen-bond acceptors (Lipinski definition) is 9. The van der Waals surface area contributed by atoms with Crippen LogP contribution in [0.3, 0.4) is 0 Å². The molecule has 0 aliphatic heterocycles. The van der Waals surface area contributed by atoms with Gasteiger partial charge in [0.2, 0.25) is 0 Å². The molecule has 1 amide bonds. The monoisotopic (exact) mass is 499 g/mol. The Bertz CT molecular complexity index is 1240. The van der Waals surface area contributed by atoms with Crippen molar-refractivity contribution in [2.24, 2.45) is 0 Å². The second kappa shape index (κ2) is 12.0. The van der Waals surface area contributed by atoms with E-state index in [0.29, 0.717) is 11.3 Å². The van der Waals surface area contributed by atoms with E-state index in [1.165, 1.54) is 0 Å². The lowest BCUT2D eigenvalue weighted by Crippen LogP contribution is -2.24. The normalized spacial score (nSPS) is 10.5. The highest BCUT2D eigenvalue weighted by Crippen LogP contribution is 2.34. The summed E-state index contributed by atoms with van der Waals surface area (Å²) < 4.78 is 20.6. The molecular weight excluding hydrogens is 474 g/mol. The van der Waals surface area contributed by atoms with E-state index in [0.717, 1.165) is 22.1 Å². The molecule has 0 bridgehead atoms. The number of esters is 3. The Hall–Kier alpha value is -3.92. The van der Waals surface area contributed by atoms with Gasteiger partial charge in [-0.15, -0.1) is 11.3 Å². The summed E-state index contributed by atoms with van der Waals surface area (Å²) in [6.07, 6.45) is 0. The molecule has 0 atom stereocenters. The number of nitrogens with one attached hydrogen (secondary N) is 1. The van der Waals surface area contributed by atoms with Crippen molar-refractivity contribution in [3.8, 4) is 5.75 Å². The summed E-state index contributed by atoms with van der Waals surface area (Å²) in [4.78, 5) is 49.4. The minimum absolute atomic E-state index is 0.0545. The molecule has 0 aliphatic rings. The predicted octanol–water partition coefficient (Wildman–Crippen LogP) is 4.12. The molecule has 184 valence electrons. The second-order valence-corrected chi connectivity index (χ2v) is 8.20. The van der Waals surface area contributed by atoms with E-state index >= 15 is 0 Å². The first-order chi connectivity index (χ1) is 16.8. The number of ether oxygens (including phenoxy) is 4. The lowest BCUT2D eigenvalue weighted by Gasteiger charge is -2.10. The van der Waals surface area contributed by atoms with Gasteiger partial charge in [0.1, 0.15) is 15.6 Å². The summed E-state index contributed by atoms with van der Waals surface area (Å²) >= 11 is 0.887. The fourth-order valence-electron chi connectivity index (χ4n) is 3.25. The molecule has 0 aliphatic carbocycles. The van der Waals surface area contributed by atoms with Crippen LogP contribution in [0.25, 0.3) is 10.8 Å². The molecule has 2 aromatic carbocycles. The van der Waals surface area contributed by atoms with Crippen LogP contribution in [0.2, 0.25) is 0 Å². The quantitative estimate of drug-likeness (QED) is 0.327. The molecule has 35 heavy (non-hydrogen) atoms. The topological polar surface area (TPSA) is 117 Å². The molecule has 0 fully saturated rings. The van der Waals surface area contributed by atoms with Crippen LogP contribution < -0.4 is 10.1 Å². The molecule has 10 heteroatoms. The molecule has 0 saturated heterocycles. The van der Waals surface area contributed by atoms with Gasteiger partial charge in [0.25, 0.3) is 5.91 Å². The average molecular weight is 500 g/mol. The number of carbonyl (C=O) groups is 4. The zero-order chi connectivity index (χ0) is 25.4. The molecule has 9 nitrogen and oxygen atoms in total. The van der Waals surface area contributed by atoms with Gasteiger partial charge in [0.05, 0.1) is 18.8 Å². The van der Waals surface area contributed by atoms with Crippen molar-refractivity contribution in [1.82, 2.24) is 0 Å². The zero-order valence-corrected chi connectivity index (χ0v) is 20.4. The van der Waals surface area contributed by atoms with E-state index < -0.39 is 30.4 Å². The first-order valence-electron chi connectivity index (χ1n) is 10.9. The smallest absolute Gasteiger partial charge is 0.348 e. The highest BCUT2D eigenvalue weighted by Gasteiger charge is 2.27. The molecule has 0 unspecified atom stereocenters. The molecule has 1 aromatic heterocycles. The third kappa shape index (κ3) is 6.36. The van der Waals surface area contributed by atoms with Crippen molar-refractivity contribution in [3.05, 3.63) is 58.5 Å². The standard InChI is InChI=1S/C25H25NO8S/c1-4-31-24(29)21-15(3)22(25(30)32-5-2)35-23(21)26-19(27)13-34-20(28)14-33-18-12-8-10-16-9-6-7-11-17(16)18/h6-12H,4-5,13-14H2,1-3H3,(H,26,27). The summed E-state index contributed by atoms with van der Waals surface area (Å²) in [5, 5.41) is 4.43. The molecule has 3 rings (SSSR count). The van der Waals surface area contributed by atoms with Crippen LogP contribution in [0.15, 0.2) is 42.5 Å². The minimum Gasteiger partial charge on any atom is -0.481 e. The minimum atomic E-state index is -0.742. The predicted molar refractivity (Wildman–Crippen MR) is 130 cm³/mol. The highest BCUT2D eigenvalue weighted by molar-refractivity contribution is 7.18. The number of rotatable bonds is 10. The third-order valence-electron chi connectivity index (χ3n) is 4.80. The fourth-order valence-corrected chi connectivity index (χ4v) is 4.36. The lowest BCUT2D eigenvalue weighted by atomic mass is 10.1. The lowest BCUT2D eigenvalue weighted by molar-refractivity contribution is -0.149. The first kappa shape index (κ1) is 25.7. The maximum atomic E-state index is 12.4. The number of benzene rings is 2. The summed E-state index contributed by atoms with van der Waals surface area (Å²) in [6, 6.07) is 13.0. The van der Waals surface area contributed by atoms with Crippen LogP contribution in [0, 0.1) is 6.92 Å². The summed E-state index contributed by atoms with van der Waals surface area (Å²) in [7, 11) is 0. The molecule has 0 spiro atoms. The fraction of sp³-hybridized carbons (Fsp3) is 0.280. The van der Waals surface area contributed by atoms with Gasteiger partial charge >= 0.3 is 17.9 Å². The molecule has 0 saturated carbocycles. The number of anilines is 1. The Labute approximate surface area is 205 Å². The first-order valence-corrected chi connectivity index (χ1v) is 11.7. The van der Waals surface area contributed by atoms with Crippen LogP contribution >= 0.6 is 11.3 Å². The Balaban J connectivity index is 1.62. The van der Waals surface area contributed by atoms with E-state index in [1.807, 2.05) is 36.4 Å². The van der Waals surface area contributed by atoms with E-state index in [4.69, 9.17) is 18.9 Å². The van der Waals surface area contributed by atoms with Crippen LogP contribution in [-0.4, -0.2) is 50.2 Å². The van der Waals surface area contributed by atoms with Crippen molar-refractivity contribution < 1.29 is 38.1 Å². The molecule has 0 radical (unpaired) electrons. The van der Waals surface area contributed by atoms with Crippen molar-refractivity contribution in [2.45, 2.75) is 20.8 Å². The van der Waals surface area contributed by atoms with E-state index in [-0.39, 0.29) is 35.3 Å². The van der Waals surface area contributed by atoms with Gasteiger partial charge in [-0.1, -0.05) is 36.4 Å². The Morgan fingerprint density at radius 2 is 1.54 bits per heavy atom. The van der Waals surface area contributed by atoms with Crippen LogP contribution in [0.5, 0.6) is 5.75 Å². The van der Waals surface area contributed by atoms with Crippen molar-refractivity contribution in [1.29, 1.82) is 0 Å². The molecule has 1 N–H and O–H groups in total. The van der Waals surface area contributed by atoms with Crippen LogP contribution in [-0.2, 0) is 23.8 Å². The van der Waals surface area contributed by atoms with Gasteiger partial charge in [-0.25, -0.2) is 14.4 Å².